The van der Waals surface area contributed by atoms with Crippen LogP contribution in [0, 0.1) is 0 Å². The summed E-state index contributed by atoms with van der Waals surface area (Å²) < 4.78 is 0. The van der Waals surface area contributed by atoms with E-state index in [0.717, 1.165) is 35.6 Å². The van der Waals surface area contributed by atoms with E-state index < -0.39 is 0 Å². The Hall–Kier alpha value is -0.660. The highest BCUT2D eigenvalue weighted by atomic mass is 35.5. The standard InChI is InChI=1S/C14H17N3OS2.2ClH/c15-9-14(5-1-2-6-14)17-12(18)10-8-20-13(16-10)11-4-3-7-19-11;;/h3-4,7-8H,1-2,5-6,9,15H2,(H,17,18);2*1H. The van der Waals surface area contributed by atoms with Crippen LogP contribution in [-0.4, -0.2) is 23.0 Å². The Morgan fingerprint density at radius 1 is 1.32 bits per heavy atom. The van der Waals surface area contributed by atoms with Gasteiger partial charge in [-0.25, -0.2) is 4.98 Å². The Balaban J connectivity index is 0.00000121. The highest BCUT2D eigenvalue weighted by molar-refractivity contribution is 7.20. The molecular formula is C14H19Cl2N3OS2. The molecule has 0 spiro atoms. The van der Waals surface area contributed by atoms with Crippen LogP contribution in [0.3, 0.4) is 0 Å². The first kappa shape index (κ1) is 19.4. The molecule has 22 heavy (non-hydrogen) atoms. The van der Waals surface area contributed by atoms with Gasteiger partial charge in [-0.2, -0.15) is 0 Å². The smallest absolute Gasteiger partial charge is 0.271 e. The zero-order chi connectivity index (χ0) is 14.0. The molecule has 0 bridgehead atoms. The number of rotatable bonds is 4. The van der Waals surface area contributed by atoms with E-state index in [1.165, 1.54) is 11.3 Å². The van der Waals surface area contributed by atoms with Gasteiger partial charge in [-0.3, -0.25) is 4.79 Å². The number of halogens is 2. The fourth-order valence-electron chi connectivity index (χ4n) is 2.63. The fourth-order valence-corrected chi connectivity index (χ4v) is 4.24. The van der Waals surface area contributed by atoms with Gasteiger partial charge in [-0.05, 0) is 24.3 Å². The molecule has 0 aromatic carbocycles. The SMILES string of the molecule is Cl.Cl.NCC1(NC(=O)c2csc(-c3cccs3)n2)CCCC1. The zero-order valence-corrected chi connectivity index (χ0v) is 15.2. The molecule has 1 saturated carbocycles. The number of carbonyl (C=O) groups excluding carboxylic acids is 1. The van der Waals surface area contributed by atoms with Gasteiger partial charge in [0.2, 0.25) is 0 Å². The molecule has 1 aliphatic rings. The topological polar surface area (TPSA) is 68.0 Å². The van der Waals surface area contributed by atoms with E-state index in [0.29, 0.717) is 12.2 Å². The van der Waals surface area contributed by atoms with Crippen LogP contribution >= 0.6 is 47.5 Å². The van der Waals surface area contributed by atoms with E-state index in [4.69, 9.17) is 5.73 Å². The first-order chi connectivity index (χ1) is 9.72. The predicted octanol–water partition coefficient (Wildman–Crippen LogP) is 3.72. The summed E-state index contributed by atoms with van der Waals surface area (Å²) in [6.45, 7) is 0.501. The van der Waals surface area contributed by atoms with Crippen LogP contribution in [0.5, 0.6) is 0 Å². The van der Waals surface area contributed by atoms with Gasteiger partial charge in [0.1, 0.15) is 10.7 Å². The van der Waals surface area contributed by atoms with Gasteiger partial charge in [-0.15, -0.1) is 47.5 Å². The van der Waals surface area contributed by atoms with Crippen LogP contribution in [0.4, 0.5) is 0 Å². The largest absolute Gasteiger partial charge is 0.344 e. The minimum Gasteiger partial charge on any atom is -0.344 e. The van der Waals surface area contributed by atoms with Crippen molar-refractivity contribution in [3.05, 3.63) is 28.6 Å². The van der Waals surface area contributed by atoms with Crippen molar-refractivity contribution in [2.75, 3.05) is 6.54 Å². The van der Waals surface area contributed by atoms with Crippen molar-refractivity contribution in [2.45, 2.75) is 31.2 Å². The van der Waals surface area contributed by atoms with Crippen molar-refractivity contribution >= 4 is 53.4 Å². The van der Waals surface area contributed by atoms with Gasteiger partial charge < -0.3 is 11.1 Å². The number of nitrogens with one attached hydrogen (secondary N) is 1. The third-order valence-corrected chi connectivity index (χ3v) is 5.68. The summed E-state index contributed by atoms with van der Waals surface area (Å²) >= 11 is 3.14. The van der Waals surface area contributed by atoms with Crippen LogP contribution in [0.1, 0.15) is 36.2 Å². The maximum absolute atomic E-state index is 12.3. The molecule has 0 radical (unpaired) electrons. The highest BCUT2D eigenvalue weighted by Crippen LogP contribution is 2.30. The highest BCUT2D eigenvalue weighted by Gasteiger charge is 2.34. The molecular weight excluding hydrogens is 361 g/mol. The molecule has 2 heterocycles. The molecule has 4 nitrogen and oxygen atoms in total. The maximum atomic E-state index is 12.3. The Kier molecular flexibility index (Phi) is 7.28. The molecule has 122 valence electrons. The lowest BCUT2D eigenvalue weighted by molar-refractivity contribution is 0.0898. The second-order valence-corrected chi connectivity index (χ2v) is 6.97. The zero-order valence-electron chi connectivity index (χ0n) is 11.9. The first-order valence-corrected chi connectivity index (χ1v) is 8.50. The number of thiophene rings is 1. The number of thiazole rings is 1. The van der Waals surface area contributed by atoms with Gasteiger partial charge in [0.05, 0.1) is 10.4 Å². The number of amides is 1. The summed E-state index contributed by atoms with van der Waals surface area (Å²) in [4.78, 5) is 17.9. The van der Waals surface area contributed by atoms with E-state index in [-0.39, 0.29) is 36.3 Å². The van der Waals surface area contributed by atoms with Gasteiger partial charge in [0.25, 0.3) is 5.91 Å². The van der Waals surface area contributed by atoms with Gasteiger partial charge in [0, 0.05) is 11.9 Å². The summed E-state index contributed by atoms with van der Waals surface area (Å²) in [5.41, 5.74) is 6.13. The van der Waals surface area contributed by atoms with Crippen LogP contribution in [-0.2, 0) is 0 Å². The lowest BCUT2D eigenvalue weighted by Crippen LogP contribution is -2.51. The van der Waals surface area contributed by atoms with E-state index >= 15 is 0 Å². The van der Waals surface area contributed by atoms with Crippen molar-refractivity contribution in [2.24, 2.45) is 5.73 Å². The van der Waals surface area contributed by atoms with Crippen LogP contribution in [0.2, 0.25) is 0 Å². The second kappa shape index (κ2) is 8.26. The number of aromatic nitrogens is 1. The van der Waals surface area contributed by atoms with E-state index in [9.17, 15) is 4.79 Å². The third-order valence-electron chi connectivity index (χ3n) is 3.80. The van der Waals surface area contributed by atoms with E-state index in [1.807, 2.05) is 22.9 Å². The Morgan fingerprint density at radius 2 is 2.05 bits per heavy atom. The molecule has 1 amide bonds. The maximum Gasteiger partial charge on any atom is 0.271 e. The molecule has 0 aliphatic heterocycles. The normalized spacial score (nSPS) is 15.7. The van der Waals surface area contributed by atoms with Crippen LogP contribution in [0.25, 0.3) is 9.88 Å². The van der Waals surface area contributed by atoms with Gasteiger partial charge >= 0.3 is 0 Å². The third kappa shape index (κ3) is 4.00. The quantitative estimate of drug-likeness (QED) is 0.850. The fraction of sp³-hybridized carbons (Fsp3) is 0.429. The van der Waals surface area contributed by atoms with Crippen molar-refractivity contribution in [3.8, 4) is 9.88 Å². The summed E-state index contributed by atoms with van der Waals surface area (Å²) in [5.74, 6) is -0.101. The van der Waals surface area contributed by atoms with Crippen molar-refractivity contribution < 1.29 is 4.79 Å². The molecule has 8 heteroatoms. The van der Waals surface area contributed by atoms with E-state index in [2.05, 4.69) is 10.3 Å². The number of hydrogen-bond donors (Lipinski definition) is 2. The second-order valence-electron chi connectivity index (χ2n) is 5.16. The summed E-state index contributed by atoms with van der Waals surface area (Å²) in [6.07, 6.45) is 4.21. The summed E-state index contributed by atoms with van der Waals surface area (Å²) in [7, 11) is 0. The summed E-state index contributed by atoms with van der Waals surface area (Å²) in [6, 6.07) is 4.01. The first-order valence-electron chi connectivity index (χ1n) is 6.74. The number of nitrogens with two attached hydrogens (primary N) is 1. The molecule has 3 N–H and O–H groups in total. The molecule has 2 aromatic heterocycles. The lowest BCUT2D eigenvalue weighted by atomic mass is 9.98. The molecule has 1 aliphatic carbocycles. The monoisotopic (exact) mass is 379 g/mol. The number of hydrogen-bond acceptors (Lipinski definition) is 5. The Labute approximate surface area is 150 Å². The molecule has 1 fully saturated rings. The van der Waals surface area contributed by atoms with Crippen LogP contribution < -0.4 is 11.1 Å². The Bertz CT molecular complexity index is 595. The minimum absolute atomic E-state index is 0. The van der Waals surface area contributed by atoms with Gasteiger partial charge in [-0.1, -0.05) is 18.9 Å². The van der Waals surface area contributed by atoms with E-state index in [1.54, 1.807) is 11.3 Å². The number of nitrogens with zero attached hydrogens (tertiary/aromatic N) is 1. The molecule has 0 unspecified atom stereocenters. The molecule has 0 saturated heterocycles. The van der Waals surface area contributed by atoms with Crippen LogP contribution in [0.15, 0.2) is 22.9 Å². The summed E-state index contributed by atoms with van der Waals surface area (Å²) in [5, 5.41) is 7.84. The molecule has 2 aromatic rings. The van der Waals surface area contributed by atoms with Gasteiger partial charge in [0.15, 0.2) is 0 Å². The Morgan fingerprint density at radius 3 is 2.64 bits per heavy atom. The molecule has 0 atom stereocenters. The minimum atomic E-state index is -0.218. The average Bonchev–Trinajstić information content (AvgIpc) is 3.19. The van der Waals surface area contributed by atoms with Crippen molar-refractivity contribution in [1.82, 2.24) is 10.3 Å². The average molecular weight is 380 g/mol. The molecule has 3 rings (SSSR count). The number of carbonyl (C=O) groups is 1. The lowest BCUT2D eigenvalue weighted by Gasteiger charge is -2.28. The van der Waals surface area contributed by atoms with Crippen molar-refractivity contribution in [1.29, 1.82) is 0 Å². The van der Waals surface area contributed by atoms with Crippen molar-refractivity contribution in [3.63, 3.8) is 0 Å². The predicted molar refractivity (Wildman–Crippen MR) is 97.6 cm³/mol.